The van der Waals surface area contributed by atoms with Crippen molar-refractivity contribution in [2.24, 2.45) is 5.92 Å². The third-order valence-corrected chi connectivity index (χ3v) is 5.14. The molecule has 0 saturated carbocycles. The van der Waals surface area contributed by atoms with Crippen molar-refractivity contribution >= 4 is 11.8 Å². The van der Waals surface area contributed by atoms with E-state index in [9.17, 15) is 0 Å². The summed E-state index contributed by atoms with van der Waals surface area (Å²) in [5.41, 5.74) is 0. The molecule has 1 nitrogen and oxygen atoms in total. The fraction of sp³-hybridized carbons (Fsp3) is 1.00. The number of hydrogen-bond donors (Lipinski definition) is 1. The minimum Gasteiger partial charge on any atom is -0.317 e. The Bertz CT molecular complexity index is 146. The van der Waals surface area contributed by atoms with Gasteiger partial charge in [-0.25, -0.2) is 0 Å². The van der Waals surface area contributed by atoms with Crippen LogP contribution in [0.25, 0.3) is 0 Å². The smallest absolute Gasteiger partial charge is 0.0161 e. The third kappa shape index (κ3) is 1.64. The number of hydrogen-bond acceptors (Lipinski definition) is 2. The molecule has 0 spiro atoms. The van der Waals surface area contributed by atoms with Gasteiger partial charge in [0.2, 0.25) is 0 Å². The van der Waals surface area contributed by atoms with Gasteiger partial charge >= 0.3 is 0 Å². The van der Waals surface area contributed by atoms with E-state index in [0.717, 1.165) is 5.92 Å². The summed E-state index contributed by atoms with van der Waals surface area (Å²) in [5, 5.41) is 3.45. The molecule has 0 radical (unpaired) electrons. The van der Waals surface area contributed by atoms with Gasteiger partial charge in [-0.05, 0) is 50.4 Å². The lowest BCUT2D eigenvalue weighted by Gasteiger charge is -2.36. The molecule has 2 aliphatic heterocycles. The lowest BCUT2D eigenvalue weighted by atomic mass is 9.83. The van der Waals surface area contributed by atoms with Gasteiger partial charge < -0.3 is 5.32 Å². The number of nitrogens with one attached hydrogen (secondary N) is 1. The van der Waals surface area contributed by atoms with Gasteiger partial charge in [0.15, 0.2) is 0 Å². The van der Waals surface area contributed by atoms with Gasteiger partial charge in [-0.15, -0.1) is 0 Å². The van der Waals surface area contributed by atoms with Crippen LogP contribution >= 0.6 is 11.8 Å². The van der Waals surface area contributed by atoms with E-state index in [1.54, 1.807) is 0 Å². The van der Waals surface area contributed by atoms with Crippen LogP contribution in [0.2, 0.25) is 0 Å². The molecule has 2 rings (SSSR count). The fourth-order valence-corrected chi connectivity index (χ4v) is 4.07. The van der Waals surface area contributed by atoms with Crippen LogP contribution in [0.3, 0.4) is 0 Å². The Morgan fingerprint density at radius 1 is 1.33 bits per heavy atom. The Morgan fingerprint density at radius 3 is 2.67 bits per heavy atom. The predicted molar refractivity (Wildman–Crippen MR) is 55.7 cm³/mol. The molecule has 0 amide bonds. The molecule has 0 aromatic carbocycles. The van der Waals surface area contributed by atoms with Crippen LogP contribution < -0.4 is 5.32 Å². The highest BCUT2D eigenvalue weighted by Gasteiger charge is 2.37. The summed E-state index contributed by atoms with van der Waals surface area (Å²) < 4.78 is 0.641. The van der Waals surface area contributed by atoms with Crippen LogP contribution in [0.4, 0.5) is 0 Å². The molecule has 70 valence electrons. The molecule has 1 atom stereocenters. The van der Waals surface area contributed by atoms with Crippen LogP contribution in [0.5, 0.6) is 0 Å². The van der Waals surface area contributed by atoms with E-state index in [0.29, 0.717) is 4.75 Å². The maximum Gasteiger partial charge on any atom is 0.0161 e. The van der Waals surface area contributed by atoms with Gasteiger partial charge in [0, 0.05) is 4.75 Å². The van der Waals surface area contributed by atoms with Crippen molar-refractivity contribution in [3.63, 3.8) is 0 Å². The van der Waals surface area contributed by atoms with Crippen molar-refractivity contribution in [3.8, 4) is 0 Å². The maximum atomic E-state index is 3.45. The normalized spacial score (nSPS) is 38.8. The van der Waals surface area contributed by atoms with Crippen molar-refractivity contribution < 1.29 is 0 Å². The summed E-state index contributed by atoms with van der Waals surface area (Å²) in [4.78, 5) is 0. The maximum absolute atomic E-state index is 3.45. The van der Waals surface area contributed by atoms with Crippen LogP contribution in [0.1, 0.15) is 32.6 Å². The lowest BCUT2D eigenvalue weighted by molar-refractivity contribution is 0.298. The Kier molecular flexibility index (Phi) is 2.66. The summed E-state index contributed by atoms with van der Waals surface area (Å²) in [6, 6.07) is 0. The van der Waals surface area contributed by atoms with Crippen molar-refractivity contribution in [1.82, 2.24) is 5.32 Å². The molecule has 1 N–H and O–H groups in total. The molecule has 0 aliphatic carbocycles. The van der Waals surface area contributed by atoms with E-state index in [2.05, 4.69) is 24.0 Å². The predicted octanol–water partition coefficient (Wildman–Crippen LogP) is 2.27. The topological polar surface area (TPSA) is 12.0 Å². The molecule has 2 fully saturated rings. The molecule has 1 unspecified atom stereocenters. The highest BCUT2D eigenvalue weighted by molar-refractivity contribution is 8.00. The summed E-state index contributed by atoms with van der Waals surface area (Å²) in [6.07, 6.45) is 5.72. The zero-order chi connectivity index (χ0) is 8.44. The van der Waals surface area contributed by atoms with Gasteiger partial charge in [0.05, 0.1) is 0 Å². The van der Waals surface area contributed by atoms with Crippen LogP contribution in [0.15, 0.2) is 0 Å². The first-order valence-electron chi connectivity index (χ1n) is 5.16. The molecule has 2 heterocycles. The SMILES string of the molecule is CC1(C2CCNCC2)CCCS1. The average Bonchev–Trinajstić information content (AvgIpc) is 2.55. The van der Waals surface area contributed by atoms with E-state index in [4.69, 9.17) is 0 Å². The molecular weight excluding hydrogens is 166 g/mol. The van der Waals surface area contributed by atoms with Crippen LogP contribution in [-0.4, -0.2) is 23.6 Å². The first-order chi connectivity index (χ1) is 5.81. The molecule has 12 heavy (non-hydrogen) atoms. The summed E-state index contributed by atoms with van der Waals surface area (Å²) >= 11 is 2.22. The molecule has 2 heteroatoms. The molecule has 2 saturated heterocycles. The van der Waals surface area contributed by atoms with E-state index < -0.39 is 0 Å². The second kappa shape index (κ2) is 3.59. The van der Waals surface area contributed by atoms with E-state index in [-0.39, 0.29) is 0 Å². The Hall–Kier alpha value is 0.310. The Labute approximate surface area is 79.7 Å². The quantitative estimate of drug-likeness (QED) is 0.672. The van der Waals surface area contributed by atoms with Gasteiger partial charge in [-0.1, -0.05) is 6.92 Å². The molecule has 0 aromatic rings. The molecule has 0 bridgehead atoms. The van der Waals surface area contributed by atoms with E-state index in [1.165, 1.54) is 44.5 Å². The van der Waals surface area contributed by atoms with Crippen molar-refractivity contribution in [3.05, 3.63) is 0 Å². The average molecular weight is 185 g/mol. The monoisotopic (exact) mass is 185 g/mol. The first kappa shape index (κ1) is 8.89. The third-order valence-electron chi connectivity index (χ3n) is 3.45. The van der Waals surface area contributed by atoms with Gasteiger partial charge in [-0.3, -0.25) is 0 Å². The molecular formula is C10H19NS. The first-order valence-corrected chi connectivity index (χ1v) is 6.14. The standard InChI is InChI=1S/C10H19NS/c1-10(5-2-8-12-10)9-3-6-11-7-4-9/h9,11H,2-8H2,1H3. The van der Waals surface area contributed by atoms with Gasteiger partial charge in [0.1, 0.15) is 0 Å². The number of rotatable bonds is 1. The molecule has 2 aliphatic rings. The highest BCUT2D eigenvalue weighted by atomic mass is 32.2. The van der Waals surface area contributed by atoms with E-state index in [1.807, 2.05) is 0 Å². The fourth-order valence-electron chi connectivity index (χ4n) is 2.56. The minimum atomic E-state index is 0.641. The van der Waals surface area contributed by atoms with E-state index >= 15 is 0 Å². The lowest BCUT2D eigenvalue weighted by Crippen LogP contribution is -2.38. The van der Waals surface area contributed by atoms with Gasteiger partial charge in [0.25, 0.3) is 0 Å². The minimum absolute atomic E-state index is 0.641. The number of thioether (sulfide) groups is 1. The van der Waals surface area contributed by atoms with Crippen LogP contribution in [-0.2, 0) is 0 Å². The Morgan fingerprint density at radius 2 is 2.08 bits per heavy atom. The van der Waals surface area contributed by atoms with Crippen LogP contribution in [0, 0.1) is 5.92 Å². The van der Waals surface area contributed by atoms with Gasteiger partial charge in [-0.2, -0.15) is 11.8 Å². The van der Waals surface area contributed by atoms with Crippen molar-refractivity contribution in [1.29, 1.82) is 0 Å². The zero-order valence-electron chi connectivity index (χ0n) is 7.94. The molecule has 0 aromatic heterocycles. The summed E-state index contributed by atoms with van der Waals surface area (Å²) in [7, 11) is 0. The highest BCUT2D eigenvalue weighted by Crippen LogP contribution is 2.46. The zero-order valence-corrected chi connectivity index (χ0v) is 8.75. The Balaban J connectivity index is 1.96. The summed E-state index contributed by atoms with van der Waals surface area (Å²) in [5.74, 6) is 2.40. The summed E-state index contributed by atoms with van der Waals surface area (Å²) in [6.45, 7) is 4.99. The number of piperidine rings is 1. The van der Waals surface area contributed by atoms with Crippen molar-refractivity contribution in [2.75, 3.05) is 18.8 Å². The largest absolute Gasteiger partial charge is 0.317 e. The van der Waals surface area contributed by atoms with Crippen molar-refractivity contribution in [2.45, 2.75) is 37.4 Å². The second-order valence-electron chi connectivity index (χ2n) is 4.29. The second-order valence-corrected chi connectivity index (χ2v) is 5.92.